The zero-order valence-electron chi connectivity index (χ0n) is 11.2. The van der Waals surface area contributed by atoms with Gasteiger partial charge in [0.25, 0.3) is 0 Å². The molecule has 2 heterocycles. The number of aliphatic hydroxyl groups excluding tert-OH is 1. The van der Waals surface area contributed by atoms with Gasteiger partial charge in [-0.25, -0.2) is 0 Å². The van der Waals surface area contributed by atoms with Gasteiger partial charge in [-0.2, -0.15) is 16.3 Å². The molecule has 0 spiro atoms. The second-order valence-electron chi connectivity index (χ2n) is 4.47. The Kier molecular flexibility index (Phi) is 5.25. The number of aryl methyl sites for hydroxylation is 2. The van der Waals surface area contributed by atoms with Crippen molar-refractivity contribution in [3.05, 3.63) is 34.1 Å². The van der Waals surface area contributed by atoms with Crippen molar-refractivity contribution < 1.29 is 14.4 Å². The number of amides is 1. The Morgan fingerprint density at radius 3 is 3.10 bits per heavy atom. The first kappa shape index (κ1) is 14.7. The molecule has 6 nitrogen and oxygen atoms in total. The molecule has 1 atom stereocenters. The molecule has 0 saturated heterocycles. The Morgan fingerprint density at radius 2 is 2.45 bits per heavy atom. The van der Waals surface area contributed by atoms with Crippen molar-refractivity contribution >= 4 is 17.2 Å². The number of carbonyl (C=O) groups excluding carboxylic acids is 1. The molecule has 1 unspecified atom stereocenters. The number of aliphatic hydroxyl groups is 1. The molecule has 108 valence electrons. The Morgan fingerprint density at radius 1 is 1.60 bits per heavy atom. The van der Waals surface area contributed by atoms with E-state index in [4.69, 9.17) is 4.52 Å². The number of thiophene rings is 1. The Bertz CT molecular complexity index is 539. The summed E-state index contributed by atoms with van der Waals surface area (Å²) in [6.45, 7) is 1.99. The van der Waals surface area contributed by atoms with E-state index in [0.29, 0.717) is 31.0 Å². The van der Waals surface area contributed by atoms with E-state index in [1.54, 1.807) is 6.92 Å². The highest BCUT2D eigenvalue weighted by Gasteiger charge is 2.10. The molecule has 0 aliphatic rings. The molecule has 2 aromatic heterocycles. The predicted molar refractivity (Wildman–Crippen MR) is 74.3 cm³/mol. The molecule has 0 fully saturated rings. The fourth-order valence-corrected chi connectivity index (χ4v) is 2.43. The Hall–Kier alpha value is -1.73. The number of hydrogen-bond acceptors (Lipinski definition) is 6. The van der Waals surface area contributed by atoms with Crippen LogP contribution < -0.4 is 5.32 Å². The van der Waals surface area contributed by atoms with Crippen molar-refractivity contribution in [2.75, 3.05) is 6.54 Å². The van der Waals surface area contributed by atoms with Crippen LogP contribution in [0.4, 0.5) is 0 Å². The van der Waals surface area contributed by atoms with Gasteiger partial charge in [-0.15, -0.1) is 0 Å². The third-order valence-electron chi connectivity index (χ3n) is 2.78. The van der Waals surface area contributed by atoms with Crippen LogP contribution in [0.3, 0.4) is 0 Å². The van der Waals surface area contributed by atoms with Gasteiger partial charge in [0, 0.05) is 19.4 Å². The van der Waals surface area contributed by atoms with Crippen LogP contribution in [-0.2, 0) is 11.2 Å². The monoisotopic (exact) mass is 295 g/mol. The largest absolute Gasteiger partial charge is 0.387 e. The van der Waals surface area contributed by atoms with E-state index in [-0.39, 0.29) is 12.5 Å². The summed E-state index contributed by atoms with van der Waals surface area (Å²) in [6.07, 6.45) is 0.949. The van der Waals surface area contributed by atoms with Crippen LogP contribution in [-0.4, -0.2) is 27.7 Å². The number of hydrogen-bond donors (Lipinski definition) is 2. The number of nitrogens with zero attached hydrogens (tertiary/aromatic N) is 2. The summed E-state index contributed by atoms with van der Waals surface area (Å²) in [5.74, 6) is 1.06. The van der Waals surface area contributed by atoms with E-state index in [1.165, 1.54) is 11.3 Å². The molecule has 2 aromatic rings. The number of aromatic nitrogens is 2. The lowest BCUT2D eigenvalue weighted by Crippen LogP contribution is -2.28. The first-order valence-corrected chi connectivity index (χ1v) is 7.35. The molecule has 20 heavy (non-hydrogen) atoms. The lowest BCUT2D eigenvalue weighted by molar-refractivity contribution is -0.121. The van der Waals surface area contributed by atoms with Gasteiger partial charge in [-0.3, -0.25) is 4.79 Å². The van der Waals surface area contributed by atoms with E-state index in [2.05, 4.69) is 15.5 Å². The lowest BCUT2D eigenvalue weighted by Gasteiger charge is -2.10. The van der Waals surface area contributed by atoms with Crippen LogP contribution in [0.5, 0.6) is 0 Å². The third-order valence-corrected chi connectivity index (χ3v) is 3.49. The van der Waals surface area contributed by atoms with Crippen molar-refractivity contribution in [1.82, 2.24) is 15.5 Å². The average Bonchev–Trinajstić information content (AvgIpc) is 3.07. The van der Waals surface area contributed by atoms with Gasteiger partial charge < -0.3 is 14.9 Å². The standard InChI is InChI=1S/C13H17N3O3S/c1-9-15-13(19-16-9)4-2-3-12(18)14-7-11(17)10-5-6-20-8-10/h5-6,8,11,17H,2-4,7H2,1H3,(H,14,18). The first-order valence-electron chi connectivity index (χ1n) is 6.41. The van der Waals surface area contributed by atoms with Crippen LogP contribution >= 0.6 is 11.3 Å². The van der Waals surface area contributed by atoms with Crippen LogP contribution in [0.25, 0.3) is 0 Å². The molecule has 0 aliphatic heterocycles. The van der Waals surface area contributed by atoms with Gasteiger partial charge in [-0.05, 0) is 35.7 Å². The maximum absolute atomic E-state index is 11.6. The molecule has 7 heteroatoms. The Labute approximate surface area is 120 Å². The van der Waals surface area contributed by atoms with Crippen LogP contribution in [0.15, 0.2) is 21.3 Å². The van der Waals surface area contributed by atoms with Crippen molar-refractivity contribution in [3.63, 3.8) is 0 Å². The quantitative estimate of drug-likeness (QED) is 0.810. The highest BCUT2D eigenvalue weighted by Crippen LogP contribution is 2.15. The SMILES string of the molecule is Cc1noc(CCCC(=O)NCC(O)c2ccsc2)n1. The summed E-state index contributed by atoms with van der Waals surface area (Å²) in [4.78, 5) is 15.7. The van der Waals surface area contributed by atoms with Crippen LogP contribution in [0, 0.1) is 6.92 Å². The van der Waals surface area contributed by atoms with Gasteiger partial charge in [0.05, 0.1) is 6.10 Å². The van der Waals surface area contributed by atoms with Gasteiger partial charge in [0.2, 0.25) is 11.8 Å². The summed E-state index contributed by atoms with van der Waals surface area (Å²) in [7, 11) is 0. The zero-order chi connectivity index (χ0) is 14.4. The minimum absolute atomic E-state index is 0.0875. The van der Waals surface area contributed by atoms with E-state index in [9.17, 15) is 9.90 Å². The minimum Gasteiger partial charge on any atom is -0.387 e. The maximum Gasteiger partial charge on any atom is 0.226 e. The zero-order valence-corrected chi connectivity index (χ0v) is 12.0. The fraction of sp³-hybridized carbons (Fsp3) is 0.462. The van der Waals surface area contributed by atoms with E-state index in [0.717, 1.165) is 5.56 Å². The summed E-state index contributed by atoms with van der Waals surface area (Å²) in [6, 6.07) is 1.85. The fourth-order valence-electron chi connectivity index (χ4n) is 1.72. The van der Waals surface area contributed by atoms with Crippen LogP contribution in [0.1, 0.15) is 36.2 Å². The smallest absolute Gasteiger partial charge is 0.226 e. The van der Waals surface area contributed by atoms with Crippen molar-refractivity contribution in [1.29, 1.82) is 0 Å². The molecular formula is C13H17N3O3S. The van der Waals surface area contributed by atoms with Gasteiger partial charge in [-0.1, -0.05) is 5.16 Å². The summed E-state index contributed by atoms with van der Waals surface area (Å²) in [5, 5.41) is 20.0. The molecular weight excluding hydrogens is 278 g/mol. The molecule has 2 rings (SSSR count). The summed E-state index contributed by atoms with van der Waals surface area (Å²) in [5.41, 5.74) is 0.830. The molecule has 0 radical (unpaired) electrons. The lowest BCUT2D eigenvalue weighted by atomic mass is 10.2. The molecule has 1 amide bonds. The van der Waals surface area contributed by atoms with Crippen molar-refractivity contribution in [2.24, 2.45) is 0 Å². The topological polar surface area (TPSA) is 88.2 Å². The van der Waals surface area contributed by atoms with E-state index in [1.807, 2.05) is 16.8 Å². The Balaban J connectivity index is 1.63. The van der Waals surface area contributed by atoms with Crippen LogP contribution in [0.2, 0.25) is 0 Å². The van der Waals surface area contributed by atoms with Gasteiger partial charge in [0.1, 0.15) is 0 Å². The number of rotatable bonds is 7. The van der Waals surface area contributed by atoms with E-state index < -0.39 is 6.10 Å². The minimum atomic E-state index is -0.649. The average molecular weight is 295 g/mol. The highest BCUT2D eigenvalue weighted by atomic mass is 32.1. The summed E-state index contributed by atoms with van der Waals surface area (Å²) >= 11 is 1.52. The summed E-state index contributed by atoms with van der Waals surface area (Å²) < 4.78 is 4.96. The van der Waals surface area contributed by atoms with Crippen molar-refractivity contribution in [2.45, 2.75) is 32.3 Å². The maximum atomic E-state index is 11.6. The molecule has 0 saturated carbocycles. The normalized spacial score (nSPS) is 12.3. The van der Waals surface area contributed by atoms with E-state index >= 15 is 0 Å². The highest BCUT2D eigenvalue weighted by molar-refractivity contribution is 7.07. The predicted octanol–water partition coefficient (Wildman–Crippen LogP) is 1.61. The second-order valence-corrected chi connectivity index (χ2v) is 5.25. The molecule has 0 bridgehead atoms. The second kappa shape index (κ2) is 7.16. The molecule has 2 N–H and O–H groups in total. The molecule has 0 aromatic carbocycles. The third kappa shape index (κ3) is 4.43. The van der Waals surface area contributed by atoms with Crippen molar-refractivity contribution in [3.8, 4) is 0 Å². The van der Waals surface area contributed by atoms with Gasteiger partial charge in [0.15, 0.2) is 5.82 Å². The molecule has 0 aliphatic carbocycles. The number of carbonyl (C=O) groups is 1. The number of nitrogens with one attached hydrogen (secondary N) is 1. The first-order chi connectivity index (χ1) is 9.65. The van der Waals surface area contributed by atoms with Gasteiger partial charge >= 0.3 is 0 Å².